The number of carbonyl (C=O) groups is 1. The molecule has 3 aromatic rings. The summed E-state index contributed by atoms with van der Waals surface area (Å²) in [6.45, 7) is 2.38. The van der Waals surface area contributed by atoms with E-state index in [4.69, 9.17) is 0 Å². The Morgan fingerprint density at radius 1 is 0.968 bits per heavy atom. The maximum atomic E-state index is 13.4. The number of H-pyrrole nitrogens is 1. The van der Waals surface area contributed by atoms with Gasteiger partial charge in [0.1, 0.15) is 0 Å². The van der Waals surface area contributed by atoms with Crippen LogP contribution in [0.15, 0.2) is 42.6 Å². The summed E-state index contributed by atoms with van der Waals surface area (Å²) in [6.07, 6.45) is 8.37. The van der Waals surface area contributed by atoms with Crippen LogP contribution >= 0.6 is 0 Å². The molecule has 2 saturated heterocycles. The summed E-state index contributed by atoms with van der Waals surface area (Å²) in [5.41, 5.74) is 3.21. The number of aromatic nitrogens is 1. The minimum absolute atomic E-state index is 0.194. The van der Waals surface area contributed by atoms with E-state index < -0.39 is 17.7 Å². The Kier molecular flexibility index (Phi) is 5.36. The zero-order chi connectivity index (χ0) is 21.4. The Labute approximate surface area is 179 Å². The average molecular weight is 424 g/mol. The first-order valence-corrected chi connectivity index (χ1v) is 10.9. The summed E-state index contributed by atoms with van der Waals surface area (Å²) >= 11 is 0. The van der Waals surface area contributed by atoms with Gasteiger partial charge in [-0.15, -0.1) is 0 Å². The van der Waals surface area contributed by atoms with Crippen LogP contribution in [0.3, 0.4) is 0 Å². The van der Waals surface area contributed by atoms with E-state index >= 15 is 0 Å². The number of halogens is 2. The molecule has 2 aliphatic heterocycles. The summed E-state index contributed by atoms with van der Waals surface area (Å²) in [6, 6.07) is 9.22. The van der Waals surface area contributed by atoms with Gasteiger partial charge in [0, 0.05) is 40.6 Å². The van der Waals surface area contributed by atoms with Gasteiger partial charge in [-0.05, 0) is 80.6 Å². The van der Waals surface area contributed by atoms with Gasteiger partial charge in [0.2, 0.25) is 0 Å². The van der Waals surface area contributed by atoms with Crippen LogP contribution in [0, 0.1) is 11.6 Å². The molecule has 2 atom stereocenters. The molecule has 2 fully saturated rings. The van der Waals surface area contributed by atoms with E-state index in [-0.39, 0.29) is 5.69 Å². The lowest BCUT2D eigenvalue weighted by Crippen LogP contribution is -2.44. The number of hydrogen-bond donors (Lipinski definition) is 3. The fourth-order valence-electron chi connectivity index (χ4n) is 5.10. The number of hydrogen-bond acceptors (Lipinski definition) is 2. The van der Waals surface area contributed by atoms with Crippen molar-refractivity contribution in [2.45, 2.75) is 44.1 Å². The fourth-order valence-corrected chi connectivity index (χ4v) is 5.10. The number of anilines is 2. The van der Waals surface area contributed by atoms with Gasteiger partial charge >= 0.3 is 6.03 Å². The summed E-state index contributed by atoms with van der Waals surface area (Å²) in [4.78, 5) is 18.4. The summed E-state index contributed by atoms with van der Waals surface area (Å²) in [5.74, 6) is -1.44. The van der Waals surface area contributed by atoms with Gasteiger partial charge in [-0.25, -0.2) is 13.6 Å². The molecular formula is C24H26F2N4O. The van der Waals surface area contributed by atoms with E-state index in [1.54, 1.807) is 0 Å². The molecule has 162 valence electrons. The topological polar surface area (TPSA) is 60.2 Å². The SMILES string of the molecule is O=C(Nc1ccc(F)c(F)c1)Nc1ccc2[nH]cc(C3CCN4CCCCC4C3)c2c1. The standard InChI is InChI=1S/C24H26F2N4O/c25-21-6-4-17(13-22(21)26)29-24(31)28-16-5-7-23-19(12-16)20(14-27-23)15-8-10-30-9-2-1-3-18(30)11-15/h4-7,12-15,18,27H,1-3,8-11H2,(H2,28,29,31). The van der Waals surface area contributed by atoms with Crippen LogP contribution in [0.5, 0.6) is 0 Å². The predicted molar refractivity (Wildman–Crippen MR) is 118 cm³/mol. The molecule has 2 unspecified atom stereocenters. The highest BCUT2D eigenvalue weighted by atomic mass is 19.2. The van der Waals surface area contributed by atoms with Gasteiger partial charge in [-0.2, -0.15) is 0 Å². The zero-order valence-corrected chi connectivity index (χ0v) is 17.3. The van der Waals surface area contributed by atoms with Crippen molar-refractivity contribution >= 4 is 28.3 Å². The second-order valence-electron chi connectivity index (χ2n) is 8.62. The van der Waals surface area contributed by atoms with Gasteiger partial charge in [0.05, 0.1) is 0 Å². The zero-order valence-electron chi connectivity index (χ0n) is 17.3. The van der Waals surface area contributed by atoms with E-state index in [0.29, 0.717) is 17.6 Å². The average Bonchev–Trinajstić information content (AvgIpc) is 3.19. The Morgan fingerprint density at radius 3 is 2.61 bits per heavy atom. The maximum absolute atomic E-state index is 13.4. The van der Waals surface area contributed by atoms with E-state index in [9.17, 15) is 13.6 Å². The Balaban J connectivity index is 1.31. The highest BCUT2D eigenvalue weighted by Gasteiger charge is 2.31. The van der Waals surface area contributed by atoms with Gasteiger partial charge in [-0.1, -0.05) is 6.42 Å². The van der Waals surface area contributed by atoms with E-state index in [1.807, 2.05) is 18.2 Å². The minimum atomic E-state index is -1.000. The third-order valence-electron chi connectivity index (χ3n) is 6.66. The molecule has 0 saturated carbocycles. The van der Waals surface area contributed by atoms with Gasteiger partial charge < -0.3 is 20.5 Å². The van der Waals surface area contributed by atoms with Crippen LogP contribution in [-0.2, 0) is 0 Å². The Hall–Kier alpha value is -2.93. The summed E-state index contributed by atoms with van der Waals surface area (Å²) in [5, 5.41) is 6.46. The lowest BCUT2D eigenvalue weighted by atomic mass is 9.82. The quantitative estimate of drug-likeness (QED) is 0.496. The second-order valence-corrected chi connectivity index (χ2v) is 8.62. The first-order chi connectivity index (χ1) is 15.1. The lowest BCUT2D eigenvalue weighted by Gasteiger charge is -2.42. The van der Waals surface area contributed by atoms with Crippen LogP contribution in [0.1, 0.15) is 43.6 Å². The van der Waals surface area contributed by atoms with E-state index in [1.165, 1.54) is 43.9 Å². The fraction of sp³-hybridized carbons (Fsp3) is 0.375. The molecule has 31 heavy (non-hydrogen) atoms. The van der Waals surface area contributed by atoms with Crippen molar-refractivity contribution in [2.75, 3.05) is 23.7 Å². The highest BCUT2D eigenvalue weighted by molar-refractivity contribution is 6.01. The van der Waals surface area contributed by atoms with Crippen LogP contribution < -0.4 is 10.6 Å². The molecular weight excluding hydrogens is 398 g/mol. The molecule has 1 aromatic heterocycles. The smallest absolute Gasteiger partial charge is 0.323 e. The normalized spacial score (nSPS) is 21.6. The highest BCUT2D eigenvalue weighted by Crippen LogP contribution is 2.38. The van der Waals surface area contributed by atoms with Crippen molar-refractivity contribution in [1.82, 2.24) is 9.88 Å². The Bertz CT molecular complexity index is 1110. The molecule has 5 rings (SSSR count). The van der Waals surface area contributed by atoms with Gasteiger partial charge in [0.25, 0.3) is 0 Å². The largest absolute Gasteiger partial charge is 0.361 e. The minimum Gasteiger partial charge on any atom is -0.361 e. The van der Waals surface area contributed by atoms with Crippen molar-refractivity contribution in [1.29, 1.82) is 0 Å². The predicted octanol–water partition coefficient (Wildman–Crippen LogP) is 5.82. The molecule has 0 bridgehead atoms. The molecule has 0 aliphatic carbocycles. The number of carbonyl (C=O) groups excluding carboxylic acids is 1. The van der Waals surface area contributed by atoms with E-state index in [2.05, 4.69) is 26.7 Å². The molecule has 2 aliphatic rings. The number of aromatic amines is 1. The number of rotatable bonds is 3. The van der Waals surface area contributed by atoms with Crippen molar-refractivity contribution < 1.29 is 13.6 Å². The third-order valence-corrected chi connectivity index (χ3v) is 6.66. The second kappa shape index (κ2) is 8.30. The number of urea groups is 1. The molecule has 2 aromatic carbocycles. The first kappa shape index (κ1) is 20.0. The first-order valence-electron chi connectivity index (χ1n) is 10.9. The van der Waals surface area contributed by atoms with Crippen molar-refractivity contribution in [3.63, 3.8) is 0 Å². The van der Waals surface area contributed by atoms with Gasteiger partial charge in [0.15, 0.2) is 11.6 Å². The van der Waals surface area contributed by atoms with E-state index in [0.717, 1.165) is 36.0 Å². The number of fused-ring (bicyclic) bond motifs is 2. The van der Waals surface area contributed by atoms with Crippen molar-refractivity contribution in [3.8, 4) is 0 Å². The molecule has 0 spiro atoms. The number of nitrogens with one attached hydrogen (secondary N) is 3. The molecule has 3 N–H and O–H groups in total. The van der Waals surface area contributed by atoms with Crippen LogP contribution in [-0.4, -0.2) is 35.0 Å². The van der Waals surface area contributed by atoms with Crippen LogP contribution in [0.25, 0.3) is 10.9 Å². The summed E-state index contributed by atoms with van der Waals surface area (Å²) in [7, 11) is 0. The maximum Gasteiger partial charge on any atom is 0.323 e. The molecule has 3 heterocycles. The Morgan fingerprint density at radius 2 is 1.77 bits per heavy atom. The monoisotopic (exact) mass is 424 g/mol. The van der Waals surface area contributed by atoms with Crippen LogP contribution in [0.4, 0.5) is 25.0 Å². The number of nitrogens with zero attached hydrogens (tertiary/aromatic N) is 1. The van der Waals surface area contributed by atoms with Gasteiger partial charge in [-0.3, -0.25) is 0 Å². The molecule has 0 radical (unpaired) electrons. The van der Waals surface area contributed by atoms with Crippen LogP contribution in [0.2, 0.25) is 0 Å². The molecule has 5 nitrogen and oxygen atoms in total. The van der Waals surface area contributed by atoms with Crippen molar-refractivity contribution in [3.05, 3.63) is 59.8 Å². The third kappa shape index (κ3) is 4.14. The molecule has 2 amide bonds. The molecule has 7 heteroatoms. The number of benzene rings is 2. The van der Waals surface area contributed by atoms with Crippen molar-refractivity contribution in [2.24, 2.45) is 0 Å². The lowest BCUT2D eigenvalue weighted by molar-refractivity contribution is 0.0977. The number of amides is 2. The number of piperidine rings is 2. The summed E-state index contributed by atoms with van der Waals surface area (Å²) < 4.78 is 26.4.